The predicted molar refractivity (Wildman–Crippen MR) is 77.7 cm³/mol. The summed E-state index contributed by atoms with van der Waals surface area (Å²) in [5, 5.41) is 3.32. The topological polar surface area (TPSA) is 41.6 Å². The van der Waals surface area contributed by atoms with Gasteiger partial charge in [-0.3, -0.25) is 4.79 Å². The number of ether oxygens (including phenoxy) is 1. The zero-order valence-electron chi connectivity index (χ0n) is 12.0. The van der Waals surface area contributed by atoms with Crippen LogP contribution in [-0.2, 0) is 17.8 Å². The van der Waals surface area contributed by atoms with Crippen LogP contribution in [0.2, 0.25) is 0 Å². The standard InChI is InChI=1S/C16H22N2O2/c1-20-15-4-2-3-12-7-10-18(11-14(12)15)16(19)13-5-8-17-9-6-13/h2-4,13,17H,5-11H2,1H3. The Bertz CT molecular complexity index is 481. The van der Waals surface area contributed by atoms with Crippen LogP contribution in [0.1, 0.15) is 24.0 Å². The largest absolute Gasteiger partial charge is 0.496 e. The molecule has 4 nitrogen and oxygen atoms in total. The molecule has 1 aromatic carbocycles. The number of benzene rings is 1. The van der Waals surface area contributed by atoms with E-state index in [2.05, 4.69) is 11.4 Å². The quantitative estimate of drug-likeness (QED) is 0.890. The molecule has 2 aliphatic rings. The predicted octanol–water partition coefficient (Wildman–Crippen LogP) is 1.58. The number of carbonyl (C=O) groups is 1. The summed E-state index contributed by atoms with van der Waals surface area (Å²) >= 11 is 0. The third-order valence-electron chi connectivity index (χ3n) is 4.45. The van der Waals surface area contributed by atoms with Gasteiger partial charge in [-0.15, -0.1) is 0 Å². The van der Waals surface area contributed by atoms with Crippen LogP contribution in [0.4, 0.5) is 0 Å². The van der Waals surface area contributed by atoms with Crippen molar-refractivity contribution in [2.75, 3.05) is 26.7 Å². The van der Waals surface area contributed by atoms with E-state index >= 15 is 0 Å². The van der Waals surface area contributed by atoms with Crippen molar-refractivity contribution >= 4 is 5.91 Å². The van der Waals surface area contributed by atoms with E-state index in [4.69, 9.17) is 4.74 Å². The normalized spacial score (nSPS) is 19.6. The Kier molecular flexibility index (Phi) is 3.92. The molecule has 20 heavy (non-hydrogen) atoms. The Morgan fingerprint density at radius 2 is 2.15 bits per heavy atom. The van der Waals surface area contributed by atoms with Crippen LogP contribution in [0.25, 0.3) is 0 Å². The van der Waals surface area contributed by atoms with E-state index in [0.717, 1.165) is 44.6 Å². The van der Waals surface area contributed by atoms with Gasteiger partial charge in [-0.2, -0.15) is 0 Å². The molecule has 1 saturated heterocycles. The third kappa shape index (κ3) is 2.52. The highest BCUT2D eigenvalue weighted by atomic mass is 16.5. The third-order valence-corrected chi connectivity index (χ3v) is 4.45. The lowest BCUT2D eigenvalue weighted by molar-refractivity contribution is -0.137. The summed E-state index contributed by atoms with van der Waals surface area (Å²) in [6, 6.07) is 6.16. The zero-order valence-corrected chi connectivity index (χ0v) is 12.0. The van der Waals surface area contributed by atoms with Gasteiger partial charge in [0.15, 0.2) is 0 Å². The molecule has 0 spiro atoms. The van der Waals surface area contributed by atoms with Crippen molar-refractivity contribution in [2.24, 2.45) is 5.92 Å². The molecule has 108 valence electrons. The molecule has 0 aromatic heterocycles. The highest BCUT2D eigenvalue weighted by Gasteiger charge is 2.29. The van der Waals surface area contributed by atoms with Gasteiger partial charge < -0.3 is 15.0 Å². The van der Waals surface area contributed by atoms with Crippen LogP contribution in [-0.4, -0.2) is 37.6 Å². The van der Waals surface area contributed by atoms with Crippen molar-refractivity contribution in [3.63, 3.8) is 0 Å². The molecule has 0 saturated carbocycles. The van der Waals surface area contributed by atoms with Crippen LogP contribution in [0.15, 0.2) is 18.2 Å². The molecule has 1 aromatic rings. The molecule has 4 heteroatoms. The lowest BCUT2D eigenvalue weighted by Crippen LogP contribution is -2.43. The fraction of sp³-hybridized carbons (Fsp3) is 0.562. The molecule has 2 heterocycles. The van der Waals surface area contributed by atoms with Gasteiger partial charge in [0.05, 0.1) is 7.11 Å². The number of nitrogens with zero attached hydrogens (tertiary/aromatic N) is 1. The summed E-state index contributed by atoms with van der Waals surface area (Å²) in [5.41, 5.74) is 2.50. The number of amides is 1. The fourth-order valence-electron chi connectivity index (χ4n) is 3.26. The molecule has 0 atom stereocenters. The second-order valence-electron chi connectivity index (χ2n) is 5.63. The Morgan fingerprint density at radius 3 is 2.90 bits per heavy atom. The lowest BCUT2D eigenvalue weighted by atomic mass is 9.93. The van der Waals surface area contributed by atoms with Gasteiger partial charge in [0, 0.05) is 24.6 Å². The minimum atomic E-state index is 0.201. The number of hydrogen-bond donors (Lipinski definition) is 1. The molecule has 2 aliphatic heterocycles. The molecule has 0 bridgehead atoms. The Hall–Kier alpha value is -1.55. The maximum Gasteiger partial charge on any atom is 0.226 e. The minimum Gasteiger partial charge on any atom is -0.496 e. The number of nitrogens with one attached hydrogen (secondary N) is 1. The van der Waals surface area contributed by atoms with Gasteiger partial charge in [-0.25, -0.2) is 0 Å². The van der Waals surface area contributed by atoms with Crippen LogP contribution >= 0.6 is 0 Å². The average molecular weight is 274 g/mol. The fourth-order valence-corrected chi connectivity index (χ4v) is 3.26. The number of rotatable bonds is 2. The highest BCUT2D eigenvalue weighted by molar-refractivity contribution is 5.79. The van der Waals surface area contributed by atoms with Gasteiger partial charge in [-0.05, 0) is 44.0 Å². The van der Waals surface area contributed by atoms with Crippen molar-refractivity contribution in [1.29, 1.82) is 0 Å². The summed E-state index contributed by atoms with van der Waals surface area (Å²) in [5.74, 6) is 1.43. The highest BCUT2D eigenvalue weighted by Crippen LogP contribution is 2.29. The summed E-state index contributed by atoms with van der Waals surface area (Å²) in [6.07, 6.45) is 2.87. The van der Waals surface area contributed by atoms with Gasteiger partial charge in [0.1, 0.15) is 5.75 Å². The van der Waals surface area contributed by atoms with E-state index in [1.807, 2.05) is 17.0 Å². The summed E-state index contributed by atoms with van der Waals surface area (Å²) < 4.78 is 5.44. The smallest absolute Gasteiger partial charge is 0.226 e. The molecule has 0 radical (unpaired) electrons. The molecular formula is C16H22N2O2. The molecule has 3 rings (SSSR count). The van der Waals surface area contributed by atoms with E-state index in [-0.39, 0.29) is 5.92 Å². The SMILES string of the molecule is COc1cccc2c1CN(C(=O)C1CCNCC1)CC2. The molecule has 0 aliphatic carbocycles. The van der Waals surface area contributed by atoms with Crippen molar-refractivity contribution in [3.05, 3.63) is 29.3 Å². The first-order valence-corrected chi connectivity index (χ1v) is 7.44. The average Bonchev–Trinajstić information content (AvgIpc) is 2.54. The van der Waals surface area contributed by atoms with E-state index in [1.165, 1.54) is 11.1 Å². The van der Waals surface area contributed by atoms with Gasteiger partial charge in [-0.1, -0.05) is 12.1 Å². The molecular weight excluding hydrogens is 252 g/mol. The molecule has 1 N–H and O–H groups in total. The van der Waals surface area contributed by atoms with E-state index in [0.29, 0.717) is 12.5 Å². The maximum atomic E-state index is 12.6. The van der Waals surface area contributed by atoms with Crippen molar-refractivity contribution in [1.82, 2.24) is 10.2 Å². The first kappa shape index (κ1) is 13.4. The molecule has 0 unspecified atom stereocenters. The summed E-state index contributed by atoms with van der Waals surface area (Å²) in [6.45, 7) is 3.46. The van der Waals surface area contributed by atoms with Crippen LogP contribution in [0.5, 0.6) is 5.75 Å². The van der Waals surface area contributed by atoms with E-state index in [1.54, 1.807) is 7.11 Å². The lowest BCUT2D eigenvalue weighted by Gasteiger charge is -2.33. The number of hydrogen-bond acceptors (Lipinski definition) is 3. The monoisotopic (exact) mass is 274 g/mol. The number of fused-ring (bicyclic) bond motifs is 1. The Morgan fingerprint density at radius 1 is 1.35 bits per heavy atom. The van der Waals surface area contributed by atoms with Gasteiger partial charge in [0.25, 0.3) is 0 Å². The zero-order chi connectivity index (χ0) is 13.9. The van der Waals surface area contributed by atoms with Crippen molar-refractivity contribution in [3.8, 4) is 5.75 Å². The van der Waals surface area contributed by atoms with E-state index in [9.17, 15) is 4.79 Å². The van der Waals surface area contributed by atoms with Crippen molar-refractivity contribution < 1.29 is 9.53 Å². The van der Waals surface area contributed by atoms with E-state index < -0.39 is 0 Å². The molecule has 1 amide bonds. The first-order valence-electron chi connectivity index (χ1n) is 7.44. The number of carbonyl (C=O) groups excluding carboxylic acids is 1. The van der Waals surface area contributed by atoms with Gasteiger partial charge >= 0.3 is 0 Å². The van der Waals surface area contributed by atoms with Crippen LogP contribution in [0.3, 0.4) is 0 Å². The van der Waals surface area contributed by atoms with Crippen LogP contribution in [0, 0.1) is 5.92 Å². The Balaban J connectivity index is 1.75. The van der Waals surface area contributed by atoms with Crippen molar-refractivity contribution in [2.45, 2.75) is 25.8 Å². The molecule has 1 fully saturated rings. The van der Waals surface area contributed by atoms with Crippen LogP contribution < -0.4 is 10.1 Å². The Labute approximate surface area is 120 Å². The minimum absolute atomic E-state index is 0.201. The maximum absolute atomic E-state index is 12.6. The second kappa shape index (κ2) is 5.83. The van der Waals surface area contributed by atoms with Gasteiger partial charge in [0.2, 0.25) is 5.91 Å². The summed E-state index contributed by atoms with van der Waals surface area (Å²) in [7, 11) is 1.70. The summed E-state index contributed by atoms with van der Waals surface area (Å²) in [4.78, 5) is 14.6. The number of piperidine rings is 1. The number of methoxy groups -OCH3 is 1. The first-order chi connectivity index (χ1) is 9.79. The second-order valence-corrected chi connectivity index (χ2v) is 5.63.